The maximum absolute atomic E-state index is 12.2. The molecule has 0 spiro atoms. The zero-order valence-corrected chi connectivity index (χ0v) is 18.1. The summed E-state index contributed by atoms with van der Waals surface area (Å²) in [5.41, 5.74) is 2.01. The molecule has 0 bridgehead atoms. The van der Waals surface area contributed by atoms with E-state index in [-0.39, 0.29) is 24.2 Å². The summed E-state index contributed by atoms with van der Waals surface area (Å²) in [7, 11) is 0. The van der Waals surface area contributed by atoms with Gasteiger partial charge in [-0.2, -0.15) is 0 Å². The molecule has 2 amide bonds. The summed E-state index contributed by atoms with van der Waals surface area (Å²) in [6.45, 7) is 3.65. The molecule has 0 radical (unpaired) electrons. The number of carbonyl (C=O) groups excluding carboxylic acids is 2. The minimum absolute atomic E-state index is 0.0583. The summed E-state index contributed by atoms with van der Waals surface area (Å²) in [5, 5.41) is 6.62. The van der Waals surface area contributed by atoms with Gasteiger partial charge in [0.1, 0.15) is 0 Å². The van der Waals surface area contributed by atoms with Crippen LogP contribution < -0.4 is 10.6 Å². The van der Waals surface area contributed by atoms with Crippen molar-refractivity contribution in [2.75, 3.05) is 10.6 Å². The summed E-state index contributed by atoms with van der Waals surface area (Å²) in [6.07, 6.45) is 2.13. The molecule has 156 valence electrons. The summed E-state index contributed by atoms with van der Waals surface area (Å²) >= 11 is 12.1. The predicted molar refractivity (Wildman–Crippen MR) is 119 cm³/mol. The fourth-order valence-corrected chi connectivity index (χ4v) is 3.11. The summed E-state index contributed by atoms with van der Waals surface area (Å²) in [6, 6.07) is 12.1. The Bertz CT molecular complexity index is 1050. The second kappa shape index (κ2) is 9.78. The largest absolute Gasteiger partial charge is 0.441 e. The second-order valence-corrected chi connectivity index (χ2v) is 7.86. The lowest BCUT2D eigenvalue weighted by Crippen LogP contribution is -2.17. The van der Waals surface area contributed by atoms with Gasteiger partial charge in [0.05, 0.1) is 11.2 Å². The maximum Gasteiger partial charge on any atom is 0.226 e. The SMILES string of the molecule is CC(C)C(=O)Nc1ccc(NC(=O)CCc2ncc(-c3ccc(Cl)cc3Cl)o2)cc1. The predicted octanol–water partition coefficient (Wildman–Crippen LogP) is 5.81. The molecule has 0 fully saturated rings. The van der Waals surface area contributed by atoms with Crippen molar-refractivity contribution in [1.82, 2.24) is 4.98 Å². The fourth-order valence-electron chi connectivity index (χ4n) is 2.61. The van der Waals surface area contributed by atoms with Crippen LogP contribution in [0.15, 0.2) is 53.1 Å². The number of nitrogens with zero attached hydrogens (tertiary/aromatic N) is 1. The van der Waals surface area contributed by atoms with Gasteiger partial charge in [-0.3, -0.25) is 9.59 Å². The zero-order valence-electron chi connectivity index (χ0n) is 16.5. The Morgan fingerprint density at radius 3 is 2.33 bits per heavy atom. The number of anilines is 2. The quantitative estimate of drug-likeness (QED) is 0.480. The Kier molecular flexibility index (Phi) is 7.13. The molecule has 0 atom stereocenters. The van der Waals surface area contributed by atoms with Crippen LogP contribution in [-0.2, 0) is 16.0 Å². The van der Waals surface area contributed by atoms with Gasteiger partial charge in [-0.1, -0.05) is 37.0 Å². The fraction of sp³-hybridized carbons (Fsp3) is 0.227. The second-order valence-electron chi connectivity index (χ2n) is 7.01. The minimum Gasteiger partial charge on any atom is -0.441 e. The van der Waals surface area contributed by atoms with E-state index < -0.39 is 0 Å². The monoisotopic (exact) mass is 445 g/mol. The molecule has 30 heavy (non-hydrogen) atoms. The average molecular weight is 446 g/mol. The van der Waals surface area contributed by atoms with E-state index in [2.05, 4.69) is 15.6 Å². The lowest BCUT2D eigenvalue weighted by Gasteiger charge is -2.09. The molecule has 8 heteroatoms. The normalized spacial score (nSPS) is 10.8. The van der Waals surface area contributed by atoms with Crippen molar-refractivity contribution in [2.24, 2.45) is 5.92 Å². The Balaban J connectivity index is 1.52. The van der Waals surface area contributed by atoms with Crippen molar-refractivity contribution in [3.63, 3.8) is 0 Å². The number of oxazole rings is 1. The first kappa shape index (κ1) is 21.9. The molecule has 2 N–H and O–H groups in total. The number of amides is 2. The van der Waals surface area contributed by atoms with Gasteiger partial charge in [0, 0.05) is 40.7 Å². The van der Waals surface area contributed by atoms with Crippen LogP contribution in [0, 0.1) is 5.92 Å². The van der Waals surface area contributed by atoms with Crippen molar-refractivity contribution < 1.29 is 14.0 Å². The van der Waals surface area contributed by atoms with Crippen LogP contribution in [0.3, 0.4) is 0 Å². The number of rotatable bonds is 7. The lowest BCUT2D eigenvalue weighted by molar-refractivity contribution is -0.119. The van der Waals surface area contributed by atoms with E-state index in [1.165, 1.54) is 0 Å². The Morgan fingerprint density at radius 2 is 1.70 bits per heavy atom. The van der Waals surface area contributed by atoms with E-state index in [1.807, 2.05) is 13.8 Å². The molecule has 1 heterocycles. The van der Waals surface area contributed by atoms with Gasteiger partial charge in [0.25, 0.3) is 0 Å². The Morgan fingerprint density at radius 1 is 1.03 bits per heavy atom. The number of hydrogen-bond donors (Lipinski definition) is 2. The van der Waals surface area contributed by atoms with Gasteiger partial charge in [0.15, 0.2) is 11.7 Å². The topological polar surface area (TPSA) is 84.2 Å². The number of aryl methyl sites for hydroxylation is 1. The first-order valence-corrected chi connectivity index (χ1v) is 10.2. The smallest absolute Gasteiger partial charge is 0.226 e. The van der Waals surface area contributed by atoms with Crippen LogP contribution in [0.2, 0.25) is 10.0 Å². The van der Waals surface area contributed by atoms with Crippen LogP contribution in [0.5, 0.6) is 0 Å². The highest BCUT2D eigenvalue weighted by Gasteiger charge is 2.12. The van der Waals surface area contributed by atoms with Gasteiger partial charge in [-0.05, 0) is 42.5 Å². The highest BCUT2D eigenvalue weighted by atomic mass is 35.5. The minimum atomic E-state index is -0.168. The molecular formula is C22H21Cl2N3O3. The first-order valence-electron chi connectivity index (χ1n) is 9.42. The van der Waals surface area contributed by atoms with E-state index in [9.17, 15) is 9.59 Å². The molecule has 3 aromatic rings. The van der Waals surface area contributed by atoms with Crippen molar-refractivity contribution in [2.45, 2.75) is 26.7 Å². The van der Waals surface area contributed by atoms with Crippen molar-refractivity contribution in [3.8, 4) is 11.3 Å². The molecular weight excluding hydrogens is 425 g/mol. The van der Waals surface area contributed by atoms with Gasteiger partial charge in [-0.25, -0.2) is 4.98 Å². The third kappa shape index (κ3) is 5.84. The van der Waals surface area contributed by atoms with Crippen LogP contribution in [0.4, 0.5) is 11.4 Å². The summed E-state index contributed by atoms with van der Waals surface area (Å²) < 4.78 is 5.70. The Labute approximate surface area is 184 Å². The zero-order chi connectivity index (χ0) is 21.7. The van der Waals surface area contributed by atoms with Crippen molar-refractivity contribution in [1.29, 1.82) is 0 Å². The number of hydrogen-bond acceptors (Lipinski definition) is 4. The summed E-state index contributed by atoms with van der Waals surface area (Å²) in [5.74, 6) is 0.634. The van der Waals surface area contributed by atoms with E-state index in [1.54, 1.807) is 48.7 Å². The van der Waals surface area contributed by atoms with E-state index in [0.717, 1.165) is 0 Å². The molecule has 6 nitrogen and oxygen atoms in total. The molecule has 0 aliphatic heterocycles. The number of aromatic nitrogens is 1. The van der Waals surface area contributed by atoms with Crippen LogP contribution in [0.1, 0.15) is 26.2 Å². The molecule has 0 aliphatic carbocycles. The molecule has 0 aliphatic rings. The molecule has 0 saturated heterocycles. The maximum atomic E-state index is 12.2. The van der Waals surface area contributed by atoms with E-state index >= 15 is 0 Å². The highest BCUT2D eigenvalue weighted by Crippen LogP contribution is 2.30. The van der Waals surface area contributed by atoms with Gasteiger partial charge in [-0.15, -0.1) is 0 Å². The number of carbonyl (C=O) groups is 2. The highest BCUT2D eigenvalue weighted by molar-refractivity contribution is 6.36. The van der Waals surface area contributed by atoms with Crippen LogP contribution >= 0.6 is 23.2 Å². The lowest BCUT2D eigenvalue weighted by atomic mass is 10.2. The van der Waals surface area contributed by atoms with E-state index in [4.69, 9.17) is 27.6 Å². The van der Waals surface area contributed by atoms with Crippen LogP contribution in [-0.4, -0.2) is 16.8 Å². The number of benzene rings is 2. The standard InChI is InChI=1S/C22H21Cl2N3O3/c1-13(2)22(29)27-16-6-4-15(5-7-16)26-20(28)9-10-21-25-12-19(30-21)17-8-3-14(23)11-18(17)24/h3-8,11-13H,9-10H2,1-2H3,(H,26,28)(H,27,29). The molecule has 1 aromatic heterocycles. The average Bonchev–Trinajstić information content (AvgIpc) is 3.16. The first-order chi connectivity index (χ1) is 14.3. The molecule has 0 unspecified atom stereocenters. The van der Waals surface area contributed by atoms with Gasteiger partial charge >= 0.3 is 0 Å². The van der Waals surface area contributed by atoms with Crippen molar-refractivity contribution in [3.05, 3.63) is 64.6 Å². The molecule has 0 saturated carbocycles. The number of nitrogens with one attached hydrogen (secondary N) is 2. The molecule has 2 aromatic carbocycles. The molecule has 3 rings (SSSR count). The third-order valence-electron chi connectivity index (χ3n) is 4.28. The van der Waals surface area contributed by atoms with Crippen molar-refractivity contribution >= 4 is 46.4 Å². The Hall–Kier alpha value is -2.83. The van der Waals surface area contributed by atoms with Crippen LogP contribution in [0.25, 0.3) is 11.3 Å². The van der Waals surface area contributed by atoms with Gasteiger partial charge in [0.2, 0.25) is 11.8 Å². The van der Waals surface area contributed by atoms with E-state index in [0.29, 0.717) is 45.1 Å². The number of halogens is 2. The summed E-state index contributed by atoms with van der Waals surface area (Å²) in [4.78, 5) is 28.1. The third-order valence-corrected chi connectivity index (χ3v) is 4.82. The van der Waals surface area contributed by atoms with Gasteiger partial charge < -0.3 is 15.1 Å².